The van der Waals surface area contributed by atoms with Crippen LogP contribution in [0.4, 0.5) is 0 Å². The number of rotatable bonds is 11. The third-order valence-electron chi connectivity index (χ3n) is 4.81. The van der Waals surface area contributed by atoms with Gasteiger partial charge in [0.2, 0.25) is 17.7 Å². The zero-order chi connectivity index (χ0) is 24.2. The minimum absolute atomic E-state index is 0.0549. The number of amides is 3. The molecule has 0 aliphatic carbocycles. The lowest BCUT2D eigenvalue weighted by Crippen LogP contribution is -2.51. The maximum atomic E-state index is 12.9. The molecule has 0 aliphatic heterocycles. The number of primary amides is 1. The Morgan fingerprint density at radius 3 is 1.94 bits per heavy atom. The average molecular weight is 451 g/mol. The number of carbonyl (C=O) groups excluding carboxylic acids is 3. The highest BCUT2D eigenvalue weighted by Gasteiger charge is 2.23. The maximum absolute atomic E-state index is 12.9. The molecule has 2 rings (SSSR count). The second-order valence-electron chi connectivity index (χ2n) is 7.43. The Morgan fingerprint density at radius 2 is 1.45 bits per heavy atom. The molecule has 0 unspecified atom stereocenters. The molecule has 0 saturated carbocycles. The molecular weight excluding hydrogens is 420 g/mol. The number of nitrogens with one attached hydrogen (secondary N) is 2. The van der Waals surface area contributed by atoms with Crippen LogP contribution in [0.25, 0.3) is 5.57 Å². The monoisotopic (exact) mass is 450 g/mol. The molecule has 0 heterocycles. The molecule has 2 aromatic carbocycles. The average Bonchev–Trinajstić information content (AvgIpc) is 2.80. The third kappa shape index (κ3) is 8.48. The van der Waals surface area contributed by atoms with Crippen molar-refractivity contribution in [1.82, 2.24) is 10.6 Å². The molecule has 0 spiro atoms. The van der Waals surface area contributed by atoms with Crippen molar-refractivity contribution >= 4 is 29.3 Å². The standard InChI is InChI=1S/C24H30N6O3/c1-16(22(25)32)29-23(33)20(13-8-14-28-24(26)27)30-21(31)15-19(17-9-4-2-5-10-17)18-11-6-3-7-12-18/h2-7,9-12,15-16,20H,8,13-14H2,1H3,(H2,25,32)(H,29,33)(H,30,31)(H4,26,27,28)/t16-,20-/m1/s1. The number of aliphatic imine (C=N–C) groups is 1. The first kappa shape index (κ1) is 25.1. The largest absolute Gasteiger partial charge is 0.370 e. The minimum Gasteiger partial charge on any atom is -0.370 e. The van der Waals surface area contributed by atoms with E-state index < -0.39 is 29.8 Å². The van der Waals surface area contributed by atoms with Crippen molar-refractivity contribution in [3.63, 3.8) is 0 Å². The summed E-state index contributed by atoms with van der Waals surface area (Å²) in [6, 6.07) is 17.1. The number of hydrogen-bond acceptors (Lipinski definition) is 4. The number of carbonyl (C=O) groups is 3. The predicted molar refractivity (Wildman–Crippen MR) is 129 cm³/mol. The van der Waals surface area contributed by atoms with Crippen LogP contribution >= 0.6 is 0 Å². The van der Waals surface area contributed by atoms with Gasteiger partial charge in [-0.2, -0.15) is 0 Å². The summed E-state index contributed by atoms with van der Waals surface area (Å²) in [6.07, 6.45) is 2.16. The van der Waals surface area contributed by atoms with Gasteiger partial charge in [-0.05, 0) is 36.5 Å². The van der Waals surface area contributed by atoms with E-state index in [4.69, 9.17) is 17.2 Å². The first-order chi connectivity index (χ1) is 15.8. The van der Waals surface area contributed by atoms with Crippen LogP contribution in [0, 0.1) is 0 Å². The van der Waals surface area contributed by atoms with Crippen LogP contribution in [-0.4, -0.2) is 42.3 Å². The van der Waals surface area contributed by atoms with Gasteiger partial charge in [-0.1, -0.05) is 60.7 Å². The molecule has 0 fully saturated rings. The van der Waals surface area contributed by atoms with Gasteiger partial charge in [-0.3, -0.25) is 19.4 Å². The van der Waals surface area contributed by atoms with E-state index in [1.807, 2.05) is 60.7 Å². The Morgan fingerprint density at radius 1 is 0.909 bits per heavy atom. The van der Waals surface area contributed by atoms with Crippen molar-refractivity contribution < 1.29 is 14.4 Å². The van der Waals surface area contributed by atoms with Crippen LogP contribution in [-0.2, 0) is 14.4 Å². The first-order valence-electron chi connectivity index (χ1n) is 10.6. The molecular formula is C24H30N6O3. The second-order valence-corrected chi connectivity index (χ2v) is 7.43. The van der Waals surface area contributed by atoms with E-state index in [1.165, 1.54) is 13.0 Å². The Balaban J connectivity index is 2.25. The molecule has 2 atom stereocenters. The van der Waals surface area contributed by atoms with E-state index in [2.05, 4.69) is 15.6 Å². The lowest BCUT2D eigenvalue weighted by Gasteiger charge is -2.20. The number of hydrogen-bond donors (Lipinski definition) is 5. The fourth-order valence-corrected chi connectivity index (χ4v) is 3.07. The zero-order valence-electron chi connectivity index (χ0n) is 18.5. The van der Waals surface area contributed by atoms with Crippen LogP contribution in [0.1, 0.15) is 30.9 Å². The van der Waals surface area contributed by atoms with Crippen LogP contribution in [0.15, 0.2) is 71.7 Å². The fourth-order valence-electron chi connectivity index (χ4n) is 3.07. The van der Waals surface area contributed by atoms with Gasteiger partial charge in [0, 0.05) is 12.6 Å². The summed E-state index contributed by atoms with van der Waals surface area (Å²) in [4.78, 5) is 40.9. The van der Waals surface area contributed by atoms with E-state index in [0.717, 1.165) is 11.1 Å². The molecule has 8 N–H and O–H groups in total. The van der Waals surface area contributed by atoms with Gasteiger partial charge < -0.3 is 27.8 Å². The molecule has 0 aliphatic rings. The highest BCUT2D eigenvalue weighted by molar-refractivity contribution is 6.01. The van der Waals surface area contributed by atoms with Crippen molar-refractivity contribution in [2.75, 3.05) is 6.54 Å². The number of nitrogens with two attached hydrogens (primary N) is 3. The fraction of sp³-hybridized carbons (Fsp3) is 0.250. The highest BCUT2D eigenvalue weighted by atomic mass is 16.2. The normalized spacial score (nSPS) is 12.0. The van der Waals surface area contributed by atoms with Gasteiger partial charge >= 0.3 is 0 Å². The van der Waals surface area contributed by atoms with E-state index >= 15 is 0 Å². The van der Waals surface area contributed by atoms with Crippen LogP contribution in [0.5, 0.6) is 0 Å². The summed E-state index contributed by atoms with van der Waals surface area (Å²) in [5.41, 5.74) is 18.3. The smallest absolute Gasteiger partial charge is 0.245 e. The Labute approximate surface area is 193 Å². The maximum Gasteiger partial charge on any atom is 0.245 e. The van der Waals surface area contributed by atoms with Gasteiger partial charge in [0.15, 0.2) is 5.96 Å². The van der Waals surface area contributed by atoms with E-state index in [0.29, 0.717) is 18.5 Å². The number of nitrogens with zero attached hydrogens (tertiary/aromatic N) is 1. The molecule has 0 radical (unpaired) electrons. The van der Waals surface area contributed by atoms with Crippen LogP contribution in [0.3, 0.4) is 0 Å². The lowest BCUT2D eigenvalue weighted by atomic mass is 9.97. The van der Waals surface area contributed by atoms with E-state index in [9.17, 15) is 14.4 Å². The SMILES string of the molecule is C[C@@H](NC(=O)[C@@H](CCCN=C(N)N)NC(=O)C=C(c1ccccc1)c1ccccc1)C(N)=O. The summed E-state index contributed by atoms with van der Waals surface area (Å²) in [6.45, 7) is 1.77. The van der Waals surface area contributed by atoms with Gasteiger partial charge in [-0.25, -0.2) is 0 Å². The summed E-state index contributed by atoms with van der Waals surface area (Å²) < 4.78 is 0. The molecule has 0 aromatic heterocycles. The van der Waals surface area contributed by atoms with Crippen LogP contribution < -0.4 is 27.8 Å². The molecule has 33 heavy (non-hydrogen) atoms. The van der Waals surface area contributed by atoms with Crippen molar-refractivity contribution in [2.45, 2.75) is 31.8 Å². The van der Waals surface area contributed by atoms with Gasteiger partial charge in [0.25, 0.3) is 0 Å². The highest BCUT2D eigenvalue weighted by Crippen LogP contribution is 2.23. The summed E-state index contributed by atoms with van der Waals surface area (Å²) in [5.74, 6) is -1.70. The third-order valence-corrected chi connectivity index (χ3v) is 4.81. The molecule has 9 nitrogen and oxygen atoms in total. The molecule has 3 amide bonds. The second kappa shape index (κ2) is 12.7. The van der Waals surface area contributed by atoms with E-state index in [1.54, 1.807) is 0 Å². The van der Waals surface area contributed by atoms with E-state index in [-0.39, 0.29) is 12.4 Å². The topological polar surface area (TPSA) is 166 Å². The zero-order valence-corrected chi connectivity index (χ0v) is 18.5. The van der Waals surface area contributed by atoms with Gasteiger partial charge in [-0.15, -0.1) is 0 Å². The Bertz CT molecular complexity index is 960. The minimum atomic E-state index is -0.905. The molecule has 174 valence electrons. The van der Waals surface area contributed by atoms with Crippen molar-refractivity contribution in [3.05, 3.63) is 77.9 Å². The summed E-state index contributed by atoms with van der Waals surface area (Å²) in [7, 11) is 0. The quantitative estimate of drug-likeness (QED) is 0.146. The molecule has 9 heteroatoms. The predicted octanol–water partition coefficient (Wildman–Crippen LogP) is 0.647. The first-order valence-corrected chi connectivity index (χ1v) is 10.6. The Kier molecular flexibility index (Phi) is 9.63. The van der Waals surface area contributed by atoms with Crippen molar-refractivity contribution in [2.24, 2.45) is 22.2 Å². The van der Waals surface area contributed by atoms with Crippen LogP contribution in [0.2, 0.25) is 0 Å². The molecule has 0 saturated heterocycles. The van der Waals surface area contributed by atoms with Gasteiger partial charge in [0.05, 0.1) is 0 Å². The number of benzene rings is 2. The Hall–Kier alpha value is -4.14. The molecule has 0 bridgehead atoms. The number of guanidine groups is 1. The molecule has 2 aromatic rings. The lowest BCUT2D eigenvalue weighted by molar-refractivity contribution is -0.130. The van der Waals surface area contributed by atoms with Crippen molar-refractivity contribution in [3.8, 4) is 0 Å². The summed E-state index contributed by atoms with van der Waals surface area (Å²) in [5, 5.41) is 5.25. The van der Waals surface area contributed by atoms with Crippen molar-refractivity contribution in [1.29, 1.82) is 0 Å². The summed E-state index contributed by atoms with van der Waals surface area (Å²) >= 11 is 0. The van der Waals surface area contributed by atoms with Gasteiger partial charge in [0.1, 0.15) is 12.1 Å².